The Morgan fingerprint density at radius 3 is 1.33 bits per heavy atom. The maximum absolute atomic E-state index is 6.44. The number of benzene rings is 4. The Morgan fingerprint density at radius 2 is 0.926 bits per heavy atom. The monoisotopic (exact) mass is 432 g/mol. The van der Waals surface area contributed by atoms with E-state index < -0.39 is 0 Å². The summed E-state index contributed by atoms with van der Waals surface area (Å²) in [5.41, 5.74) is 2.07. The summed E-state index contributed by atoms with van der Waals surface area (Å²) in [5, 5.41) is 6.83. The molecule has 4 heteroatoms. The molecule has 0 spiro atoms. The molecule has 0 N–H and O–H groups in total. The van der Waals surface area contributed by atoms with Crippen molar-refractivity contribution in [1.29, 1.82) is 0 Å². The quantitative estimate of drug-likeness (QED) is 0.296. The third kappa shape index (κ3) is 3.19. The molecule has 0 aliphatic carbocycles. The van der Waals surface area contributed by atoms with Gasteiger partial charge in [0.1, 0.15) is 0 Å². The van der Waals surface area contributed by atoms with Crippen LogP contribution < -0.4 is 0 Å². The van der Waals surface area contributed by atoms with Gasteiger partial charge in [0, 0.05) is 36.3 Å². The van der Waals surface area contributed by atoms with E-state index in [1.54, 1.807) is 0 Å². The maximum Gasteiger partial charge on any atom is 0.0485 e. The van der Waals surface area contributed by atoms with E-state index in [-0.39, 0.29) is 5.41 Å². The van der Waals surface area contributed by atoms with Gasteiger partial charge in [-0.15, -0.1) is 0 Å². The van der Waals surface area contributed by atoms with Gasteiger partial charge in [-0.3, -0.25) is 0 Å². The SMILES string of the molecule is CC(C)(c1ccc(Cl)c2cc(Cl)ccc12)c1ccc(Cl)c2cc(Cl)ccc12. The van der Waals surface area contributed by atoms with Gasteiger partial charge >= 0.3 is 0 Å². The minimum Gasteiger partial charge on any atom is -0.0843 e. The molecule has 0 saturated heterocycles. The van der Waals surface area contributed by atoms with E-state index >= 15 is 0 Å². The van der Waals surface area contributed by atoms with E-state index in [2.05, 4.69) is 26.0 Å². The summed E-state index contributed by atoms with van der Waals surface area (Å²) < 4.78 is 0. The average molecular weight is 434 g/mol. The van der Waals surface area contributed by atoms with Crippen molar-refractivity contribution >= 4 is 67.9 Å². The zero-order valence-electron chi connectivity index (χ0n) is 14.8. The molecule has 0 aliphatic rings. The summed E-state index contributed by atoms with van der Waals surface area (Å²) in [6.45, 7) is 4.42. The summed E-state index contributed by atoms with van der Waals surface area (Å²) in [7, 11) is 0. The predicted molar refractivity (Wildman–Crippen MR) is 120 cm³/mol. The Kier molecular flexibility index (Phi) is 4.81. The van der Waals surface area contributed by atoms with Crippen molar-refractivity contribution in [1.82, 2.24) is 0 Å². The highest BCUT2D eigenvalue weighted by Gasteiger charge is 2.28. The van der Waals surface area contributed by atoms with Crippen molar-refractivity contribution < 1.29 is 0 Å². The largest absolute Gasteiger partial charge is 0.0843 e. The number of halogens is 4. The minimum atomic E-state index is -0.284. The zero-order valence-corrected chi connectivity index (χ0v) is 17.8. The van der Waals surface area contributed by atoms with Gasteiger partial charge in [-0.1, -0.05) is 84.5 Å². The predicted octanol–water partition coefficient (Wildman–Crippen LogP) is 8.93. The van der Waals surface area contributed by atoms with E-state index in [0.717, 1.165) is 21.5 Å². The summed E-state index contributed by atoms with van der Waals surface area (Å²) >= 11 is 25.3. The number of hydrogen-bond acceptors (Lipinski definition) is 0. The number of rotatable bonds is 2. The average Bonchev–Trinajstić information content (AvgIpc) is 2.63. The van der Waals surface area contributed by atoms with Crippen LogP contribution >= 0.6 is 46.4 Å². The van der Waals surface area contributed by atoms with E-state index in [0.29, 0.717) is 20.1 Å². The topological polar surface area (TPSA) is 0 Å². The lowest BCUT2D eigenvalue weighted by atomic mass is 9.74. The van der Waals surface area contributed by atoms with Crippen LogP contribution in [0.25, 0.3) is 21.5 Å². The summed E-state index contributed by atoms with van der Waals surface area (Å²) in [4.78, 5) is 0. The first kappa shape index (κ1) is 18.9. The third-order valence-electron chi connectivity index (χ3n) is 5.20. The van der Waals surface area contributed by atoms with Crippen molar-refractivity contribution in [3.63, 3.8) is 0 Å². The normalized spacial score (nSPS) is 12.1. The third-order valence-corrected chi connectivity index (χ3v) is 6.33. The van der Waals surface area contributed by atoms with Gasteiger partial charge in [-0.05, 0) is 58.3 Å². The molecule has 0 saturated carbocycles. The molecule has 0 aromatic heterocycles. The lowest BCUT2D eigenvalue weighted by molar-refractivity contribution is 0.653. The van der Waals surface area contributed by atoms with Crippen LogP contribution in [0.1, 0.15) is 25.0 Å². The van der Waals surface area contributed by atoms with E-state index in [9.17, 15) is 0 Å². The highest BCUT2D eigenvalue weighted by atomic mass is 35.5. The Labute approximate surface area is 178 Å². The van der Waals surface area contributed by atoms with Gasteiger partial charge in [0.25, 0.3) is 0 Å². The highest BCUT2D eigenvalue weighted by molar-refractivity contribution is 6.38. The first-order chi connectivity index (χ1) is 12.8. The zero-order chi connectivity index (χ0) is 19.3. The minimum absolute atomic E-state index is 0.284. The lowest BCUT2D eigenvalue weighted by Gasteiger charge is -2.29. The van der Waals surface area contributed by atoms with Gasteiger partial charge in [0.15, 0.2) is 0 Å². The fraction of sp³-hybridized carbons (Fsp3) is 0.130. The number of fused-ring (bicyclic) bond motifs is 2. The van der Waals surface area contributed by atoms with Crippen LogP contribution in [0, 0.1) is 0 Å². The molecule has 0 aliphatic heterocycles. The maximum atomic E-state index is 6.44. The van der Waals surface area contributed by atoms with Crippen molar-refractivity contribution in [2.24, 2.45) is 0 Å². The molecule has 136 valence electrons. The van der Waals surface area contributed by atoms with Crippen LogP contribution in [0.5, 0.6) is 0 Å². The molecule has 4 rings (SSSR count). The molecule has 27 heavy (non-hydrogen) atoms. The molecule has 0 bridgehead atoms. The first-order valence-corrected chi connectivity index (χ1v) is 10.1. The van der Waals surface area contributed by atoms with Crippen molar-refractivity contribution in [3.8, 4) is 0 Å². The summed E-state index contributed by atoms with van der Waals surface area (Å²) in [5.74, 6) is 0. The van der Waals surface area contributed by atoms with Gasteiger partial charge in [0.2, 0.25) is 0 Å². The first-order valence-electron chi connectivity index (χ1n) is 8.55. The van der Waals surface area contributed by atoms with E-state index in [1.165, 1.54) is 11.1 Å². The molecule has 4 aromatic carbocycles. The van der Waals surface area contributed by atoms with E-state index in [1.807, 2.05) is 48.5 Å². The van der Waals surface area contributed by atoms with Crippen LogP contribution in [0.2, 0.25) is 20.1 Å². The molecule has 4 aromatic rings. The fourth-order valence-corrected chi connectivity index (χ4v) is 4.59. The highest BCUT2D eigenvalue weighted by Crippen LogP contribution is 2.42. The number of hydrogen-bond donors (Lipinski definition) is 0. The molecule has 0 atom stereocenters. The van der Waals surface area contributed by atoms with Crippen LogP contribution in [0.3, 0.4) is 0 Å². The van der Waals surface area contributed by atoms with E-state index in [4.69, 9.17) is 46.4 Å². The molecule has 0 nitrogen and oxygen atoms in total. The smallest absolute Gasteiger partial charge is 0.0485 e. The van der Waals surface area contributed by atoms with Gasteiger partial charge in [-0.2, -0.15) is 0 Å². The molecule has 0 fully saturated rings. The van der Waals surface area contributed by atoms with Gasteiger partial charge < -0.3 is 0 Å². The van der Waals surface area contributed by atoms with Crippen LogP contribution in [-0.4, -0.2) is 0 Å². The molecule has 0 radical (unpaired) electrons. The molecule has 0 amide bonds. The summed E-state index contributed by atoms with van der Waals surface area (Å²) in [6, 6.07) is 19.8. The fourth-order valence-electron chi connectivity index (χ4n) is 3.81. The van der Waals surface area contributed by atoms with Gasteiger partial charge in [0.05, 0.1) is 0 Å². The van der Waals surface area contributed by atoms with Crippen molar-refractivity contribution in [2.45, 2.75) is 19.3 Å². The second kappa shape index (κ2) is 6.87. The Morgan fingerprint density at radius 1 is 0.519 bits per heavy atom. The Balaban J connectivity index is 2.03. The Hall–Kier alpha value is -1.44. The van der Waals surface area contributed by atoms with Gasteiger partial charge in [-0.25, -0.2) is 0 Å². The summed E-state index contributed by atoms with van der Waals surface area (Å²) in [6.07, 6.45) is 0. The van der Waals surface area contributed by atoms with Crippen molar-refractivity contribution in [3.05, 3.63) is 91.9 Å². The van der Waals surface area contributed by atoms with Crippen molar-refractivity contribution in [2.75, 3.05) is 0 Å². The van der Waals surface area contributed by atoms with Crippen LogP contribution in [-0.2, 0) is 5.41 Å². The molecular weight excluding hydrogens is 418 g/mol. The molecule has 0 heterocycles. The Bertz CT molecular complexity index is 1100. The van der Waals surface area contributed by atoms with Crippen LogP contribution in [0.4, 0.5) is 0 Å². The van der Waals surface area contributed by atoms with Crippen LogP contribution in [0.15, 0.2) is 60.7 Å². The lowest BCUT2D eigenvalue weighted by Crippen LogP contribution is -2.20. The second-order valence-electron chi connectivity index (χ2n) is 7.19. The second-order valence-corrected chi connectivity index (χ2v) is 8.88. The molecule has 0 unspecified atom stereocenters. The standard InChI is InChI=1S/C23H16Cl4/c1-23(2,19-7-9-21(26)17-11-13(24)3-5-15(17)19)20-8-10-22(27)18-12-14(25)4-6-16(18)20/h3-12H,1-2H3. The molecular formula is C23H16Cl4.